The van der Waals surface area contributed by atoms with Gasteiger partial charge in [-0.15, -0.1) is 0 Å². The van der Waals surface area contributed by atoms with Crippen molar-refractivity contribution in [3.8, 4) is 0 Å². The SMILES string of the molecule is C[C@@H]1CC(OCCO[C@H]2CC[C@H](N)CC2)C[C@H](C)N1C(C)(C)C. The van der Waals surface area contributed by atoms with Crippen molar-refractivity contribution in [2.75, 3.05) is 13.2 Å². The fourth-order valence-corrected chi connectivity index (χ4v) is 4.66. The van der Waals surface area contributed by atoms with Gasteiger partial charge in [-0.25, -0.2) is 0 Å². The summed E-state index contributed by atoms with van der Waals surface area (Å²) in [6.07, 6.45) is 7.46. The molecular weight excluding hydrogens is 288 g/mol. The number of nitrogens with zero attached hydrogens (tertiary/aromatic N) is 1. The first-order chi connectivity index (χ1) is 10.8. The van der Waals surface area contributed by atoms with Crippen LogP contribution in [-0.4, -0.2) is 54.0 Å². The largest absolute Gasteiger partial charge is 0.376 e. The van der Waals surface area contributed by atoms with Crippen molar-refractivity contribution in [3.63, 3.8) is 0 Å². The van der Waals surface area contributed by atoms with Crippen molar-refractivity contribution >= 4 is 0 Å². The van der Waals surface area contributed by atoms with Gasteiger partial charge in [0.1, 0.15) is 0 Å². The molecule has 1 saturated heterocycles. The summed E-state index contributed by atoms with van der Waals surface area (Å²) in [5.41, 5.74) is 6.16. The molecule has 2 N–H and O–H groups in total. The normalized spacial score (nSPS) is 37.0. The van der Waals surface area contributed by atoms with Crippen molar-refractivity contribution < 1.29 is 9.47 Å². The Labute approximate surface area is 143 Å². The van der Waals surface area contributed by atoms with Crippen LogP contribution < -0.4 is 5.73 Å². The average Bonchev–Trinajstić information content (AvgIpc) is 2.43. The molecule has 0 aromatic rings. The van der Waals surface area contributed by atoms with Crippen LogP contribution in [0.5, 0.6) is 0 Å². The first kappa shape index (κ1) is 19.2. The molecule has 4 nitrogen and oxygen atoms in total. The highest BCUT2D eigenvalue weighted by atomic mass is 16.5. The molecular formula is C19H38N2O2. The first-order valence-electron chi connectivity index (χ1n) is 9.54. The Morgan fingerprint density at radius 1 is 0.870 bits per heavy atom. The van der Waals surface area contributed by atoms with Gasteiger partial charge in [0.05, 0.1) is 25.4 Å². The van der Waals surface area contributed by atoms with Crippen LogP contribution in [0.4, 0.5) is 0 Å². The van der Waals surface area contributed by atoms with E-state index in [1.54, 1.807) is 0 Å². The standard InChI is InChI=1S/C19H38N2O2/c1-14-12-18(13-15(2)21(14)19(3,4)5)23-11-10-22-17-8-6-16(20)7-9-17/h14-18H,6-13,20H2,1-5H3/t14-,15+,16-,17-,18?. The number of likely N-dealkylation sites (tertiary alicyclic amines) is 1. The molecule has 0 aromatic carbocycles. The summed E-state index contributed by atoms with van der Waals surface area (Å²) in [5.74, 6) is 0. The van der Waals surface area contributed by atoms with Crippen LogP contribution in [0.15, 0.2) is 0 Å². The van der Waals surface area contributed by atoms with Crippen LogP contribution in [0.3, 0.4) is 0 Å². The zero-order chi connectivity index (χ0) is 17.0. The number of nitrogens with two attached hydrogens (primary N) is 1. The van der Waals surface area contributed by atoms with Gasteiger partial charge in [-0.05, 0) is 73.1 Å². The lowest BCUT2D eigenvalue weighted by Crippen LogP contribution is -2.57. The molecule has 2 aliphatic rings. The van der Waals surface area contributed by atoms with E-state index < -0.39 is 0 Å². The summed E-state index contributed by atoms with van der Waals surface area (Å²) in [4.78, 5) is 2.63. The van der Waals surface area contributed by atoms with Gasteiger partial charge in [-0.3, -0.25) is 4.90 Å². The van der Waals surface area contributed by atoms with Gasteiger partial charge >= 0.3 is 0 Å². The summed E-state index contributed by atoms with van der Waals surface area (Å²) in [5, 5.41) is 0. The van der Waals surface area contributed by atoms with Crippen molar-refractivity contribution in [1.82, 2.24) is 4.90 Å². The summed E-state index contributed by atoms with van der Waals surface area (Å²) in [6, 6.07) is 1.54. The van der Waals surface area contributed by atoms with Gasteiger partial charge in [0.25, 0.3) is 0 Å². The quantitative estimate of drug-likeness (QED) is 0.787. The second kappa shape index (κ2) is 8.28. The lowest BCUT2D eigenvalue weighted by molar-refractivity contribution is -0.0838. The smallest absolute Gasteiger partial charge is 0.0704 e. The van der Waals surface area contributed by atoms with E-state index in [0.717, 1.165) is 51.7 Å². The monoisotopic (exact) mass is 326 g/mol. The van der Waals surface area contributed by atoms with Crippen LogP contribution >= 0.6 is 0 Å². The molecule has 1 heterocycles. The van der Waals surface area contributed by atoms with E-state index in [2.05, 4.69) is 39.5 Å². The summed E-state index contributed by atoms with van der Waals surface area (Å²) in [6.45, 7) is 13.0. The molecule has 23 heavy (non-hydrogen) atoms. The third-order valence-corrected chi connectivity index (χ3v) is 5.44. The third-order valence-electron chi connectivity index (χ3n) is 5.44. The van der Waals surface area contributed by atoms with E-state index in [-0.39, 0.29) is 5.54 Å². The topological polar surface area (TPSA) is 47.7 Å². The predicted molar refractivity (Wildman–Crippen MR) is 95.7 cm³/mol. The lowest BCUT2D eigenvalue weighted by Gasteiger charge is -2.49. The van der Waals surface area contributed by atoms with Gasteiger partial charge in [-0.1, -0.05) is 0 Å². The molecule has 4 heteroatoms. The summed E-state index contributed by atoms with van der Waals surface area (Å²) in [7, 11) is 0. The number of rotatable bonds is 5. The molecule has 2 fully saturated rings. The maximum atomic E-state index is 6.12. The number of piperidine rings is 1. The maximum absolute atomic E-state index is 6.12. The highest BCUT2D eigenvalue weighted by Gasteiger charge is 2.37. The molecule has 1 unspecified atom stereocenters. The summed E-state index contributed by atoms with van der Waals surface area (Å²) >= 11 is 0. The summed E-state index contributed by atoms with van der Waals surface area (Å²) < 4.78 is 12.1. The van der Waals surface area contributed by atoms with E-state index in [0.29, 0.717) is 30.3 Å². The number of hydrogen-bond acceptors (Lipinski definition) is 4. The Hall–Kier alpha value is -0.160. The third kappa shape index (κ3) is 5.70. The van der Waals surface area contributed by atoms with Crippen LogP contribution in [-0.2, 0) is 9.47 Å². The predicted octanol–water partition coefficient (Wildman–Crippen LogP) is 3.33. The Balaban J connectivity index is 1.65. The van der Waals surface area contributed by atoms with Crippen LogP contribution in [0, 0.1) is 0 Å². The minimum Gasteiger partial charge on any atom is -0.376 e. The minimum absolute atomic E-state index is 0.231. The molecule has 0 bridgehead atoms. The first-order valence-corrected chi connectivity index (χ1v) is 9.54. The van der Waals surface area contributed by atoms with Crippen LogP contribution in [0.25, 0.3) is 0 Å². The van der Waals surface area contributed by atoms with Gasteiger partial charge in [-0.2, -0.15) is 0 Å². The van der Waals surface area contributed by atoms with Gasteiger partial charge in [0.15, 0.2) is 0 Å². The zero-order valence-electron chi connectivity index (χ0n) is 15.9. The Morgan fingerprint density at radius 2 is 1.35 bits per heavy atom. The van der Waals surface area contributed by atoms with Gasteiger partial charge in [0, 0.05) is 23.7 Å². The van der Waals surface area contributed by atoms with E-state index in [4.69, 9.17) is 15.2 Å². The molecule has 1 aliphatic carbocycles. The Kier molecular flexibility index (Phi) is 6.90. The molecule has 0 aromatic heterocycles. The van der Waals surface area contributed by atoms with E-state index in [1.165, 1.54) is 0 Å². The molecule has 0 spiro atoms. The Morgan fingerprint density at radius 3 is 1.83 bits per heavy atom. The number of hydrogen-bond donors (Lipinski definition) is 1. The van der Waals surface area contributed by atoms with Crippen molar-refractivity contribution in [2.24, 2.45) is 5.73 Å². The molecule has 0 radical (unpaired) electrons. The molecule has 136 valence electrons. The number of ether oxygens (including phenoxy) is 2. The molecule has 3 atom stereocenters. The zero-order valence-corrected chi connectivity index (χ0v) is 15.9. The van der Waals surface area contributed by atoms with Gasteiger partial charge in [0.2, 0.25) is 0 Å². The maximum Gasteiger partial charge on any atom is 0.0704 e. The van der Waals surface area contributed by atoms with E-state index in [1.807, 2.05) is 0 Å². The Bertz CT molecular complexity index is 336. The fraction of sp³-hybridized carbons (Fsp3) is 1.00. The van der Waals surface area contributed by atoms with Crippen LogP contribution in [0.1, 0.15) is 73.1 Å². The highest BCUT2D eigenvalue weighted by Crippen LogP contribution is 2.31. The second-order valence-electron chi connectivity index (χ2n) is 8.65. The van der Waals surface area contributed by atoms with Crippen molar-refractivity contribution in [3.05, 3.63) is 0 Å². The highest BCUT2D eigenvalue weighted by molar-refractivity contribution is 4.92. The molecule has 1 saturated carbocycles. The average molecular weight is 327 g/mol. The molecule has 2 rings (SSSR count). The lowest BCUT2D eigenvalue weighted by atomic mass is 9.89. The molecule has 1 aliphatic heterocycles. The van der Waals surface area contributed by atoms with E-state index in [9.17, 15) is 0 Å². The minimum atomic E-state index is 0.231. The van der Waals surface area contributed by atoms with Crippen molar-refractivity contribution in [2.45, 2.75) is 109 Å². The van der Waals surface area contributed by atoms with Crippen molar-refractivity contribution in [1.29, 1.82) is 0 Å². The molecule has 0 amide bonds. The fourth-order valence-electron chi connectivity index (χ4n) is 4.66. The van der Waals surface area contributed by atoms with Crippen LogP contribution in [0.2, 0.25) is 0 Å². The van der Waals surface area contributed by atoms with E-state index >= 15 is 0 Å². The second-order valence-corrected chi connectivity index (χ2v) is 8.65. The van der Waals surface area contributed by atoms with Gasteiger partial charge < -0.3 is 15.2 Å².